The minimum atomic E-state index is -1.10. The van der Waals surface area contributed by atoms with E-state index in [9.17, 15) is 14.3 Å². The third-order valence-electron chi connectivity index (χ3n) is 4.62. The number of nitrogens with zero attached hydrogens (tertiary/aromatic N) is 2. The second kappa shape index (κ2) is 8.22. The van der Waals surface area contributed by atoms with Crippen molar-refractivity contribution in [3.05, 3.63) is 65.6 Å². The van der Waals surface area contributed by atoms with Crippen molar-refractivity contribution >= 4 is 16.9 Å². The summed E-state index contributed by atoms with van der Waals surface area (Å²) in [4.78, 5) is 18.0. The lowest BCUT2D eigenvalue weighted by Crippen LogP contribution is -2.31. The SMILES string of the molecule is COc1ccc(F)cc1C(C(=O)O)N(C)Cc1ccc(OC)c2ncccc12. The zero-order chi connectivity index (χ0) is 20.3. The lowest BCUT2D eigenvalue weighted by molar-refractivity contribution is -0.143. The Kier molecular flexibility index (Phi) is 5.75. The van der Waals surface area contributed by atoms with Gasteiger partial charge in [-0.3, -0.25) is 14.7 Å². The van der Waals surface area contributed by atoms with Gasteiger partial charge in [-0.15, -0.1) is 0 Å². The quantitative estimate of drug-likeness (QED) is 0.670. The van der Waals surface area contributed by atoms with Crippen molar-refractivity contribution in [1.29, 1.82) is 0 Å². The molecule has 6 nitrogen and oxygen atoms in total. The number of hydrogen-bond acceptors (Lipinski definition) is 5. The van der Waals surface area contributed by atoms with E-state index in [0.29, 0.717) is 23.6 Å². The number of ether oxygens (including phenoxy) is 2. The smallest absolute Gasteiger partial charge is 0.325 e. The number of aromatic nitrogens is 1. The summed E-state index contributed by atoms with van der Waals surface area (Å²) in [5.41, 5.74) is 1.84. The number of halogens is 1. The molecule has 3 rings (SSSR count). The molecule has 7 heteroatoms. The molecule has 1 heterocycles. The van der Waals surface area contributed by atoms with Crippen LogP contribution in [0, 0.1) is 5.82 Å². The van der Waals surface area contributed by atoms with E-state index >= 15 is 0 Å². The number of pyridine rings is 1. The van der Waals surface area contributed by atoms with E-state index in [4.69, 9.17) is 9.47 Å². The van der Waals surface area contributed by atoms with Gasteiger partial charge < -0.3 is 14.6 Å². The van der Waals surface area contributed by atoms with Crippen LogP contribution in [-0.4, -0.2) is 42.2 Å². The molecular formula is C21H21FN2O4. The summed E-state index contributed by atoms with van der Waals surface area (Å²) in [6.45, 7) is 0.308. The van der Waals surface area contributed by atoms with E-state index in [1.54, 1.807) is 31.3 Å². The highest BCUT2D eigenvalue weighted by atomic mass is 19.1. The van der Waals surface area contributed by atoms with Gasteiger partial charge in [0.05, 0.1) is 14.2 Å². The van der Waals surface area contributed by atoms with Crippen molar-refractivity contribution in [3.8, 4) is 11.5 Å². The van der Waals surface area contributed by atoms with Crippen LogP contribution in [0.2, 0.25) is 0 Å². The third-order valence-corrected chi connectivity index (χ3v) is 4.62. The van der Waals surface area contributed by atoms with E-state index in [1.807, 2.05) is 18.2 Å². The summed E-state index contributed by atoms with van der Waals surface area (Å²) in [5.74, 6) is -0.651. The zero-order valence-corrected chi connectivity index (χ0v) is 15.8. The molecule has 0 aliphatic heterocycles. The van der Waals surface area contributed by atoms with Crippen LogP contribution in [0.5, 0.6) is 11.5 Å². The normalized spacial score (nSPS) is 12.2. The fourth-order valence-corrected chi connectivity index (χ4v) is 3.35. The molecule has 0 bridgehead atoms. The molecule has 146 valence electrons. The van der Waals surface area contributed by atoms with Crippen LogP contribution in [0.1, 0.15) is 17.2 Å². The minimum Gasteiger partial charge on any atom is -0.496 e. The van der Waals surface area contributed by atoms with E-state index in [-0.39, 0.29) is 5.56 Å². The van der Waals surface area contributed by atoms with Crippen LogP contribution in [0.3, 0.4) is 0 Å². The number of benzene rings is 2. The average Bonchev–Trinajstić information content (AvgIpc) is 2.68. The lowest BCUT2D eigenvalue weighted by Gasteiger charge is -2.27. The molecule has 0 aliphatic carbocycles. The van der Waals surface area contributed by atoms with E-state index < -0.39 is 17.8 Å². The number of carboxylic acids is 1. The summed E-state index contributed by atoms with van der Waals surface area (Å²) in [7, 11) is 4.68. The van der Waals surface area contributed by atoms with E-state index in [2.05, 4.69) is 4.98 Å². The predicted molar refractivity (Wildman–Crippen MR) is 103 cm³/mol. The summed E-state index contributed by atoms with van der Waals surface area (Å²) in [6, 6.07) is 10.2. The number of rotatable bonds is 7. The number of fused-ring (bicyclic) bond motifs is 1. The van der Waals surface area contributed by atoms with Crippen molar-refractivity contribution in [1.82, 2.24) is 9.88 Å². The molecule has 1 aromatic heterocycles. The molecule has 1 atom stereocenters. The van der Waals surface area contributed by atoms with Crippen LogP contribution >= 0.6 is 0 Å². The molecule has 0 aliphatic rings. The van der Waals surface area contributed by atoms with Crippen molar-refractivity contribution in [3.63, 3.8) is 0 Å². The summed E-state index contributed by atoms with van der Waals surface area (Å²) >= 11 is 0. The van der Waals surface area contributed by atoms with Gasteiger partial charge in [-0.2, -0.15) is 0 Å². The Morgan fingerprint density at radius 2 is 1.89 bits per heavy atom. The van der Waals surface area contributed by atoms with Gasteiger partial charge >= 0.3 is 5.97 Å². The zero-order valence-electron chi connectivity index (χ0n) is 15.8. The Balaban J connectivity index is 2.01. The number of aliphatic carboxylic acids is 1. The van der Waals surface area contributed by atoms with Crippen molar-refractivity contribution in [2.24, 2.45) is 0 Å². The highest BCUT2D eigenvalue weighted by Crippen LogP contribution is 2.33. The molecule has 1 N–H and O–H groups in total. The summed E-state index contributed by atoms with van der Waals surface area (Å²) in [6.07, 6.45) is 1.68. The largest absolute Gasteiger partial charge is 0.496 e. The van der Waals surface area contributed by atoms with Gasteiger partial charge in [0.25, 0.3) is 0 Å². The highest BCUT2D eigenvalue weighted by molar-refractivity contribution is 5.87. The minimum absolute atomic E-state index is 0.258. The molecule has 0 amide bonds. The van der Waals surface area contributed by atoms with Gasteiger partial charge in [0.1, 0.15) is 28.9 Å². The maximum atomic E-state index is 13.8. The Morgan fingerprint density at radius 1 is 1.18 bits per heavy atom. The molecule has 0 radical (unpaired) electrons. The lowest BCUT2D eigenvalue weighted by atomic mass is 10.0. The first-order valence-electron chi connectivity index (χ1n) is 8.63. The summed E-state index contributed by atoms with van der Waals surface area (Å²) < 4.78 is 24.4. The molecule has 0 spiro atoms. The van der Waals surface area contributed by atoms with Crippen LogP contribution in [0.25, 0.3) is 10.9 Å². The van der Waals surface area contributed by atoms with Gasteiger partial charge in [0.2, 0.25) is 0 Å². The fourth-order valence-electron chi connectivity index (χ4n) is 3.35. The number of likely N-dealkylation sites (N-methyl/N-ethyl adjacent to an activating group) is 1. The van der Waals surface area contributed by atoms with Crippen LogP contribution < -0.4 is 9.47 Å². The highest BCUT2D eigenvalue weighted by Gasteiger charge is 2.28. The van der Waals surface area contributed by atoms with Gasteiger partial charge in [-0.1, -0.05) is 12.1 Å². The number of carboxylic acid groups (broad SMARTS) is 1. The average molecular weight is 384 g/mol. The Bertz CT molecular complexity index is 1010. The van der Waals surface area contributed by atoms with Crippen LogP contribution in [0.4, 0.5) is 4.39 Å². The monoisotopic (exact) mass is 384 g/mol. The van der Waals surface area contributed by atoms with Gasteiger partial charge in [-0.05, 0) is 42.9 Å². The maximum Gasteiger partial charge on any atom is 0.325 e. The third kappa shape index (κ3) is 3.75. The van der Waals surface area contributed by atoms with Crippen molar-refractivity contribution in [2.45, 2.75) is 12.6 Å². The molecule has 0 saturated heterocycles. The number of methoxy groups -OCH3 is 2. The standard InChI is InChI=1S/C21H21FN2O4/c1-24(20(21(25)26)16-11-14(22)7-9-17(16)27-2)12-13-6-8-18(28-3)19-15(13)5-4-10-23-19/h4-11,20H,12H2,1-3H3,(H,25,26). The second-order valence-corrected chi connectivity index (χ2v) is 6.37. The van der Waals surface area contributed by atoms with E-state index in [0.717, 1.165) is 10.9 Å². The first-order valence-corrected chi connectivity index (χ1v) is 8.63. The molecule has 3 aromatic rings. The number of carbonyl (C=O) groups is 1. The molecule has 28 heavy (non-hydrogen) atoms. The molecule has 1 unspecified atom stereocenters. The predicted octanol–water partition coefficient (Wildman–Crippen LogP) is 3.65. The van der Waals surface area contributed by atoms with E-state index in [1.165, 1.54) is 25.3 Å². The Labute approximate surface area is 162 Å². The van der Waals surface area contributed by atoms with Gasteiger partial charge in [0, 0.05) is 23.7 Å². The molecular weight excluding hydrogens is 363 g/mol. The first kappa shape index (κ1) is 19.6. The Morgan fingerprint density at radius 3 is 2.57 bits per heavy atom. The van der Waals surface area contributed by atoms with Crippen molar-refractivity contribution < 1.29 is 23.8 Å². The molecule has 0 saturated carbocycles. The molecule has 2 aromatic carbocycles. The number of hydrogen-bond donors (Lipinski definition) is 1. The van der Waals surface area contributed by atoms with Gasteiger partial charge in [0.15, 0.2) is 0 Å². The van der Waals surface area contributed by atoms with Crippen molar-refractivity contribution in [2.75, 3.05) is 21.3 Å². The molecule has 0 fully saturated rings. The van der Waals surface area contributed by atoms with Crippen LogP contribution in [-0.2, 0) is 11.3 Å². The fraction of sp³-hybridized carbons (Fsp3) is 0.238. The Hall–Kier alpha value is -3.19. The topological polar surface area (TPSA) is 71.9 Å². The van der Waals surface area contributed by atoms with Gasteiger partial charge in [-0.25, -0.2) is 4.39 Å². The summed E-state index contributed by atoms with van der Waals surface area (Å²) in [5, 5.41) is 10.7. The maximum absolute atomic E-state index is 13.8. The second-order valence-electron chi connectivity index (χ2n) is 6.37. The van der Waals surface area contributed by atoms with Crippen LogP contribution in [0.15, 0.2) is 48.7 Å². The first-order chi connectivity index (χ1) is 13.5.